The molecule has 1 aliphatic heterocycles. The first-order chi connectivity index (χ1) is 8.14. The number of nitrogens with zero attached hydrogens (tertiary/aromatic N) is 1. The molecule has 0 spiro atoms. The monoisotopic (exact) mass is 241 g/mol. The predicted octanol–water partition coefficient (Wildman–Crippen LogP) is 1.92. The first-order valence-electron chi connectivity index (χ1n) is 5.96. The van der Waals surface area contributed by atoms with Crippen molar-refractivity contribution in [3.8, 4) is 6.07 Å². The van der Waals surface area contributed by atoms with Crippen LogP contribution >= 0.6 is 0 Å². The Hall–Kier alpha value is -1.12. The van der Waals surface area contributed by atoms with Gasteiger partial charge in [0.15, 0.2) is 6.29 Å². The van der Waals surface area contributed by atoms with Gasteiger partial charge in [0.1, 0.15) is 0 Å². The molecule has 1 atom stereocenters. The zero-order valence-corrected chi connectivity index (χ0v) is 10.1. The number of ether oxygens (including phenoxy) is 2. The molecule has 1 saturated heterocycles. The third kappa shape index (κ3) is 3.69. The highest BCUT2D eigenvalue weighted by molar-refractivity contribution is 5.66. The van der Waals surface area contributed by atoms with Crippen LogP contribution < -0.4 is 0 Å². The molecule has 0 aromatic heterocycles. The number of hydrogen-bond donors (Lipinski definition) is 1. The normalized spacial score (nSPS) is 19.8. The molecule has 5 heteroatoms. The van der Waals surface area contributed by atoms with E-state index in [-0.39, 0.29) is 18.1 Å². The third-order valence-electron chi connectivity index (χ3n) is 3.40. The Morgan fingerprint density at radius 1 is 1.47 bits per heavy atom. The Balaban J connectivity index is 2.71. The van der Waals surface area contributed by atoms with E-state index >= 15 is 0 Å². The Kier molecular flexibility index (Phi) is 5.39. The Morgan fingerprint density at radius 2 is 2.12 bits per heavy atom. The zero-order valence-electron chi connectivity index (χ0n) is 10.1. The van der Waals surface area contributed by atoms with Crippen LogP contribution in [0, 0.1) is 16.7 Å². The number of carbonyl (C=O) groups is 1. The van der Waals surface area contributed by atoms with E-state index in [1.54, 1.807) is 0 Å². The second kappa shape index (κ2) is 6.58. The maximum absolute atomic E-state index is 10.7. The van der Waals surface area contributed by atoms with Crippen molar-refractivity contribution in [2.24, 2.45) is 5.41 Å². The highest BCUT2D eigenvalue weighted by Crippen LogP contribution is 2.40. The van der Waals surface area contributed by atoms with Crippen molar-refractivity contribution in [2.45, 2.75) is 45.3 Å². The highest BCUT2D eigenvalue weighted by atomic mass is 16.7. The molecule has 0 aromatic carbocycles. The summed E-state index contributed by atoms with van der Waals surface area (Å²) in [5.74, 6) is -0.822. The summed E-state index contributed by atoms with van der Waals surface area (Å²) in [6.45, 7) is 3.09. The fraction of sp³-hybridized carbons (Fsp3) is 0.833. The lowest BCUT2D eigenvalue weighted by molar-refractivity contribution is -0.150. The van der Waals surface area contributed by atoms with Crippen LogP contribution in [0.15, 0.2) is 0 Å². The Labute approximate surface area is 101 Å². The van der Waals surface area contributed by atoms with E-state index in [0.29, 0.717) is 32.5 Å². The SMILES string of the molecule is CCC(CCC#N)(CCC(=O)O)C1OCCO1. The van der Waals surface area contributed by atoms with E-state index in [9.17, 15) is 4.79 Å². The average molecular weight is 241 g/mol. The summed E-state index contributed by atoms with van der Waals surface area (Å²) in [6, 6.07) is 2.11. The summed E-state index contributed by atoms with van der Waals surface area (Å²) in [7, 11) is 0. The third-order valence-corrected chi connectivity index (χ3v) is 3.40. The summed E-state index contributed by atoms with van der Waals surface area (Å²) >= 11 is 0. The zero-order chi connectivity index (χ0) is 12.7. The van der Waals surface area contributed by atoms with E-state index in [1.807, 2.05) is 6.92 Å². The topological polar surface area (TPSA) is 79.6 Å². The van der Waals surface area contributed by atoms with Gasteiger partial charge in [0.2, 0.25) is 0 Å². The second-order valence-electron chi connectivity index (χ2n) is 4.34. The summed E-state index contributed by atoms with van der Waals surface area (Å²) in [5, 5.41) is 17.5. The fourth-order valence-corrected chi connectivity index (χ4v) is 2.25. The van der Waals surface area contributed by atoms with Crippen LogP contribution in [0.25, 0.3) is 0 Å². The molecule has 17 heavy (non-hydrogen) atoms. The lowest BCUT2D eigenvalue weighted by atomic mass is 9.76. The molecule has 1 unspecified atom stereocenters. The average Bonchev–Trinajstić information content (AvgIpc) is 2.84. The van der Waals surface area contributed by atoms with Crippen LogP contribution in [0.2, 0.25) is 0 Å². The van der Waals surface area contributed by atoms with E-state index < -0.39 is 5.97 Å². The largest absolute Gasteiger partial charge is 0.481 e. The van der Waals surface area contributed by atoms with Gasteiger partial charge in [-0.3, -0.25) is 4.79 Å². The summed E-state index contributed by atoms with van der Waals surface area (Å²) in [5.41, 5.74) is -0.343. The fourth-order valence-electron chi connectivity index (χ4n) is 2.25. The minimum absolute atomic E-state index is 0.0858. The summed E-state index contributed by atoms with van der Waals surface area (Å²) < 4.78 is 11.0. The van der Waals surface area contributed by atoms with Crippen molar-refractivity contribution in [3.63, 3.8) is 0 Å². The number of carboxylic acids is 1. The minimum Gasteiger partial charge on any atom is -0.481 e. The molecule has 1 heterocycles. The summed E-state index contributed by atoms with van der Waals surface area (Å²) in [6.07, 6.45) is 2.00. The molecular formula is C12H19NO4. The molecule has 0 aliphatic carbocycles. The molecule has 1 aliphatic rings. The number of nitriles is 1. The van der Waals surface area contributed by atoms with Crippen molar-refractivity contribution >= 4 is 5.97 Å². The van der Waals surface area contributed by atoms with Crippen LogP contribution in [0.5, 0.6) is 0 Å². The van der Waals surface area contributed by atoms with Gasteiger partial charge in [-0.25, -0.2) is 0 Å². The van der Waals surface area contributed by atoms with Gasteiger partial charge in [-0.05, 0) is 19.3 Å². The highest BCUT2D eigenvalue weighted by Gasteiger charge is 2.40. The minimum atomic E-state index is -0.822. The molecule has 1 N–H and O–H groups in total. The van der Waals surface area contributed by atoms with Gasteiger partial charge in [-0.15, -0.1) is 0 Å². The Bertz CT molecular complexity index is 293. The predicted molar refractivity (Wildman–Crippen MR) is 60.1 cm³/mol. The molecule has 0 bridgehead atoms. The smallest absolute Gasteiger partial charge is 0.303 e. The molecule has 96 valence electrons. The first-order valence-corrected chi connectivity index (χ1v) is 5.96. The molecule has 0 saturated carbocycles. The second-order valence-corrected chi connectivity index (χ2v) is 4.34. The van der Waals surface area contributed by atoms with Gasteiger partial charge in [0, 0.05) is 18.3 Å². The van der Waals surface area contributed by atoms with Crippen LogP contribution in [-0.2, 0) is 14.3 Å². The van der Waals surface area contributed by atoms with Crippen molar-refractivity contribution in [3.05, 3.63) is 0 Å². The van der Waals surface area contributed by atoms with Gasteiger partial charge < -0.3 is 14.6 Å². The van der Waals surface area contributed by atoms with Crippen LogP contribution in [0.4, 0.5) is 0 Å². The molecule has 0 radical (unpaired) electrons. The van der Waals surface area contributed by atoms with Gasteiger partial charge >= 0.3 is 5.97 Å². The van der Waals surface area contributed by atoms with E-state index in [1.165, 1.54) is 0 Å². The van der Waals surface area contributed by atoms with Gasteiger partial charge in [0.25, 0.3) is 0 Å². The first kappa shape index (κ1) is 13.9. The van der Waals surface area contributed by atoms with Crippen molar-refractivity contribution in [2.75, 3.05) is 13.2 Å². The van der Waals surface area contributed by atoms with E-state index in [4.69, 9.17) is 19.8 Å². The van der Waals surface area contributed by atoms with Gasteiger partial charge in [-0.2, -0.15) is 5.26 Å². The van der Waals surface area contributed by atoms with Gasteiger partial charge in [-0.1, -0.05) is 6.92 Å². The quantitative estimate of drug-likeness (QED) is 0.736. The molecule has 0 aromatic rings. The lowest BCUT2D eigenvalue weighted by Gasteiger charge is -2.36. The molecule has 0 amide bonds. The Morgan fingerprint density at radius 3 is 2.59 bits per heavy atom. The lowest BCUT2D eigenvalue weighted by Crippen LogP contribution is -2.36. The van der Waals surface area contributed by atoms with Gasteiger partial charge in [0.05, 0.1) is 19.3 Å². The van der Waals surface area contributed by atoms with E-state index in [2.05, 4.69) is 6.07 Å². The van der Waals surface area contributed by atoms with Crippen molar-refractivity contribution < 1.29 is 19.4 Å². The van der Waals surface area contributed by atoms with Crippen LogP contribution in [0.1, 0.15) is 39.0 Å². The molecule has 5 nitrogen and oxygen atoms in total. The maximum atomic E-state index is 10.7. The van der Waals surface area contributed by atoms with Crippen molar-refractivity contribution in [1.29, 1.82) is 5.26 Å². The number of hydrogen-bond acceptors (Lipinski definition) is 4. The molecule has 1 fully saturated rings. The number of rotatable bonds is 7. The van der Waals surface area contributed by atoms with E-state index in [0.717, 1.165) is 6.42 Å². The number of carboxylic acid groups (broad SMARTS) is 1. The standard InChI is InChI=1S/C12H19NO4/c1-2-12(5-3-7-13,6-4-10(14)15)11-16-8-9-17-11/h11H,2-6,8-9H2,1H3,(H,14,15). The maximum Gasteiger partial charge on any atom is 0.303 e. The van der Waals surface area contributed by atoms with Crippen molar-refractivity contribution in [1.82, 2.24) is 0 Å². The molecule has 1 rings (SSSR count). The summed E-state index contributed by atoms with van der Waals surface area (Å²) in [4.78, 5) is 10.7. The van der Waals surface area contributed by atoms with Crippen LogP contribution in [-0.4, -0.2) is 30.6 Å². The van der Waals surface area contributed by atoms with Crippen LogP contribution in [0.3, 0.4) is 0 Å². The number of aliphatic carboxylic acids is 1. The molecular weight excluding hydrogens is 222 g/mol.